The minimum Gasteiger partial charge on any atom is -0.251 e. The molecule has 2 aliphatic heterocycles. The Bertz CT molecular complexity index is 3040. The average molecular weight is 1150 g/mol. The van der Waals surface area contributed by atoms with Crippen molar-refractivity contribution in [3.63, 3.8) is 0 Å². The normalized spacial score (nSPS) is 20.6. The van der Waals surface area contributed by atoms with E-state index >= 15 is 8.78 Å². The first-order chi connectivity index (χ1) is 37.7. The van der Waals surface area contributed by atoms with E-state index in [1.54, 1.807) is 12.1 Å². The number of unbranched alkanes of at least 4 members (excludes halogenated alkanes) is 2. The molecule has 8 aromatic rings. The third-order valence-electron chi connectivity index (χ3n) is 16.0. The van der Waals surface area contributed by atoms with Gasteiger partial charge in [-0.05, 0) is 151 Å². The van der Waals surface area contributed by atoms with Crippen LogP contribution in [0.25, 0.3) is 0 Å². The Balaban J connectivity index is 1.13. The molecular weight excluding hydrogens is 1070 g/mol. The molecule has 0 amide bonds. The lowest BCUT2D eigenvalue weighted by molar-refractivity contribution is 0.589. The van der Waals surface area contributed by atoms with Crippen LogP contribution in [0, 0.1) is 11.6 Å². The van der Waals surface area contributed by atoms with E-state index in [9.17, 15) is 0 Å². The van der Waals surface area contributed by atoms with E-state index < -0.39 is 32.3 Å². The average Bonchev–Trinajstić information content (AvgIpc) is 4.45. The van der Waals surface area contributed by atoms with Gasteiger partial charge in [-0.1, -0.05) is 208 Å². The summed E-state index contributed by atoms with van der Waals surface area (Å²) < 4.78 is 44.3. The molecule has 0 radical (unpaired) electrons. The Morgan fingerprint density at radius 1 is 0.474 bits per heavy atom. The molecule has 0 aliphatic carbocycles. The largest absolute Gasteiger partial charge is 0.251 e. The summed E-state index contributed by atoms with van der Waals surface area (Å²) in [5, 5.41) is 5.74. The summed E-state index contributed by atoms with van der Waals surface area (Å²) in [6.07, 6.45) is 7.11. The summed E-state index contributed by atoms with van der Waals surface area (Å²) in [6.45, 7) is 20.0. The minimum absolute atomic E-state index is 0.0300. The van der Waals surface area contributed by atoms with Gasteiger partial charge >= 0.3 is 0 Å². The van der Waals surface area contributed by atoms with Gasteiger partial charge in [-0.3, -0.25) is 8.88 Å². The van der Waals surface area contributed by atoms with Crippen molar-refractivity contribution in [2.75, 3.05) is 13.1 Å². The van der Waals surface area contributed by atoms with Gasteiger partial charge in [-0.25, -0.2) is 8.78 Å². The maximum absolute atomic E-state index is 18.6. The third-order valence-corrected chi connectivity index (χ3v) is 31.7. The van der Waals surface area contributed by atoms with Gasteiger partial charge in [-0.15, -0.1) is 22.7 Å². The van der Waals surface area contributed by atoms with Gasteiger partial charge in [0.1, 0.15) is 11.6 Å². The topological polar surface area (TPSA) is 6.48 Å². The van der Waals surface area contributed by atoms with Crippen molar-refractivity contribution >= 4 is 74.8 Å². The summed E-state index contributed by atoms with van der Waals surface area (Å²) in [6, 6.07) is 64.1. The molecular formula is C68H78F2N2P4S2. The Labute approximate surface area is 479 Å². The van der Waals surface area contributed by atoms with Crippen molar-refractivity contribution in [2.45, 2.75) is 140 Å². The molecule has 0 N–H and O–H groups in total. The highest BCUT2D eigenvalue weighted by atomic mass is 32.1. The van der Waals surface area contributed by atoms with Crippen LogP contribution >= 0.6 is 55.0 Å². The molecule has 2 fully saturated rings. The first-order valence-electron chi connectivity index (χ1n) is 28.4. The highest BCUT2D eigenvalue weighted by Crippen LogP contribution is 2.80. The summed E-state index contributed by atoms with van der Waals surface area (Å²) in [5.41, 5.74) is 10.0. The van der Waals surface area contributed by atoms with Crippen LogP contribution in [-0.4, -0.2) is 22.0 Å². The molecule has 10 heteroatoms. The molecule has 6 aromatic carbocycles. The monoisotopic (exact) mass is 1150 g/mol. The fourth-order valence-corrected chi connectivity index (χ4v) is 30.2. The molecule has 2 aromatic heterocycles. The van der Waals surface area contributed by atoms with Gasteiger partial charge in [0, 0.05) is 63.6 Å². The summed E-state index contributed by atoms with van der Waals surface area (Å²) in [7, 11) is -4.34. The number of halogens is 2. The Kier molecular flexibility index (Phi) is 18.8. The second-order valence-corrected chi connectivity index (χ2v) is 35.5. The number of nitrogens with zero attached hydrogens (tertiary/aromatic N) is 2. The van der Waals surface area contributed by atoms with E-state index in [1.165, 1.54) is 42.6 Å². The Morgan fingerprint density at radius 2 is 0.936 bits per heavy atom. The van der Waals surface area contributed by atoms with E-state index in [4.69, 9.17) is 0 Å². The zero-order valence-corrected chi connectivity index (χ0v) is 52.1. The molecule has 0 spiro atoms. The third kappa shape index (κ3) is 12.5. The van der Waals surface area contributed by atoms with E-state index in [1.807, 2.05) is 40.9 Å². The molecule has 7 atom stereocenters. The second-order valence-electron chi connectivity index (χ2n) is 23.3. The molecule has 406 valence electrons. The lowest BCUT2D eigenvalue weighted by Gasteiger charge is -2.43. The molecule has 2 nitrogen and oxygen atoms in total. The zero-order chi connectivity index (χ0) is 54.6. The molecule has 2 saturated heterocycles. The van der Waals surface area contributed by atoms with Gasteiger partial charge in [0.25, 0.3) is 0 Å². The molecule has 0 saturated carbocycles. The van der Waals surface area contributed by atoms with Crippen molar-refractivity contribution in [3.8, 4) is 0 Å². The van der Waals surface area contributed by atoms with Crippen molar-refractivity contribution in [1.82, 2.24) is 8.88 Å². The highest BCUT2D eigenvalue weighted by molar-refractivity contribution is 7.86. The van der Waals surface area contributed by atoms with E-state index in [0.29, 0.717) is 10.6 Å². The molecule has 3 unspecified atom stereocenters. The van der Waals surface area contributed by atoms with Crippen LogP contribution in [0.5, 0.6) is 0 Å². The zero-order valence-electron chi connectivity index (χ0n) is 46.9. The molecule has 4 heterocycles. The minimum atomic E-state index is -1.65. The Hall–Kier alpha value is -3.78. The molecule has 2 aliphatic rings. The van der Waals surface area contributed by atoms with Gasteiger partial charge in [-0.2, -0.15) is 0 Å². The van der Waals surface area contributed by atoms with Gasteiger partial charge in [0.2, 0.25) is 0 Å². The van der Waals surface area contributed by atoms with Gasteiger partial charge in [0.15, 0.2) is 0 Å². The number of rotatable bonds is 19. The lowest BCUT2D eigenvalue weighted by atomic mass is 9.86. The van der Waals surface area contributed by atoms with Gasteiger partial charge in [0.05, 0.1) is 8.07 Å². The predicted molar refractivity (Wildman–Crippen MR) is 342 cm³/mol. The highest BCUT2D eigenvalue weighted by Gasteiger charge is 2.51. The van der Waals surface area contributed by atoms with Crippen molar-refractivity contribution in [1.29, 1.82) is 0 Å². The first kappa shape index (κ1) is 57.5. The smallest absolute Gasteiger partial charge is 0.132 e. The van der Waals surface area contributed by atoms with Crippen molar-refractivity contribution < 1.29 is 8.78 Å². The number of benzene rings is 6. The first-order valence-corrected chi connectivity index (χ1v) is 35.6. The number of thiophene rings is 2. The summed E-state index contributed by atoms with van der Waals surface area (Å²) in [5.74, 6) is -0.413. The maximum Gasteiger partial charge on any atom is 0.132 e. The SMILES string of the molecule is CCCCN(P(c1ccccc1F)c1ccc(C2C[C@H](c3ccccc3)P(N(CCCC)P(c3cccs3)c3cccs3)[C@H]2c2ccccc2)cc1F)P1[C@H](c2ccc(C(C)(C)C)cc2)CC[C@H]1c1ccc(C(C)(C)C)cc1. The summed E-state index contributed by atoms with van der Waals surface area (Å²) in [4.78, 5) is 0. The Morgan fingerprint density at radius 3 is 1.41 bits per heavy atom. The van der Waals surface area contributed by atoms with Crippen molar-refractivity contribution in [2.24, 2.45) is 0 Å². The van der Waals surface area contributed by atoms with Crippen LogP contribution in [-0.2, 0) is 10.8 Å². The fourth-order valence-electron chi connectivity index (χ4n) is 11.9. The molecule has 0 bridgehead atoms. The van der Waals surface area contributed by atoms with E-state index in [2.05, 4.69) is 221 Å². The summed E-state index contributed by atoms with van der Waals surface area (Å²) >= 11 is 3.78. The maximum atomic E-state index is 18.6. The quantitative estimate of drug-likeness (QED) is 0.0745. The van der Waals surface area contributed by atoms with Crippen LogP contribution in [0.1, 0.15) is 168 Å². The van der Waals surface area contributed by atoms with E-state index in [-0.39, 0.29) is 51.0 Å². The van der Waals surface area contributed by atoms with Crippen LogP contribution < -0.4 is 19.8 Å². The van der Waals surface area contributed by atoms with Crippen LogP contribution in [0.2, 0.25) is 0 Å². The molecule has 10 rings (SSSR count). The lowest BCUT2D eigenvalue weighted by Crippen LogP contribution is -2.30. The second kappa shape index (κ2) is 25.6. The number of hydrogen-bond donors (Lipinski definition) is 0. The predicted octanol–water partition coefficient (Wildman–Crippen LogP) is 20.3. The van der Waals surface area contributed by atoms with Crippen LogP contribution in [0.4, 0.5) is 8.78 Å². The number of hydrogen-bond acceptors (Lipinski definition) is 4. The van der Waals surface area contributed by atoms with Crippen molar-refractivity contribution in [3.05, 3.63) is 237 Å². The standard InChI is InChI=1S/C68H78F2N2P4S2/c1-9-11-43-71(73-59(50-31-36-54(37-32-50)67(3,4)5)41-42-60(73)51-33-38-55(39-34-51)68(6,7)8)74(61-28-20-19-27-57(61)69)62-40-35-53(47-58(62)70)56-48-63(49-23-15-13-16-24-49)75(66(56)52-25-17-14-18-26-52)72(44-12-10-2)76(64-29-21-45-77-64)65-30-22-46-78-65/h13-40,45-47,56,59-60,63,66H,9-12,41-44,48H2,1-8H3/t56?,59-,60-,63+,66-,74?,75?/m0/s1. The van der Waals surface area contributed by atoms with Crippen LogP contribution in [0.3, 0.4) is 0 Å². The van der Waals surface area contributed by atoms with Gasteiger partial charge < -0.3 is 0 Å². The fraction of sp³-hybridized carbons (Fsp3) is 0.353. The van der Waals surface area contributed by atoms with E-state index in [0.717, 1.165) is 63.6 Å². The molecule has 78 heavy (non-hydrogen) atoms. The van der Waals surface area contributed by atoms with Crippen LogP contribution in [0.15, 0.2) is 187 Å².